The third-order valence-corrected chi connectivity index (χ3v) is 6.96. The van der Waals surface area contributed by atoms with Gasteiger partial charge in [0.2, 0.25) is 10.0 Å². The molecule has 0 saturated carbocycles. The molecule has 0 amide bonds. The average molecular weight is 430 g/mol. The lowest BCUT2D eigenvalue weighted by molar-refractivity contribution is -0.384. The summed E-state index contributed by atoms with van der Waals surface area (Å²) in [7, 11) is -4.07. The highest BCUT2D eigenvalue weighted by atomic mass is 32.2. The van der Waals surface area contributed by atoms with Crippen LogP contribution in [0, 0.1) is 10.1 Å². The predicted molar refractivity (Wildman–Crippen MR) is 105 cm³/mol. The molecule has 10 heteroatoms. The first kappa shape index (κ1) is 20.0. The number of non-ortho nitro benzene ring substituents is 1. The van der Waals surface area contributed by atoms with E-state index in [9.17, 15) is 23.3 Å². The van der Waals surface area contributed by atoms with Crippen LogP contribution in [0.2, 0.25) is 0 Å². The highest BCUT2D eigenvalue weighted by Crippen LogP contribution is 2.33. The van der Waals surface area contributed by atoms with Crippen LogP contribution in [-0.4, -0.2) is 42.1 Å². The van der Waals surface area contributed by atoms with Gasteiger partial charge < -0.3 is 9.47 Å². The van der Waals surface area contributed by atoms with E-state index in [1.54, 1.807) is 36.4 Å². The third kappa shape index (κ3) is 3.79. The van der Waals surface area contributed by atoms with Crippen LogP contribution in [0.1, 0.15) is 12.0 Å². The van der Waals surface area contributed by atoms with Crippen LogP contribution in [0.3, 0.4) is 0 Å². The van der Waals surface area contributed by atoms with Crippen LogP contribution in [0.15, 0.2) is 71.6 Å². The molecule has 0 N–H and O–H groups in total. The number of nitro groups is 1. The Bertz CT molecular complexity index is 1080. The fourth-order valence-electron chi connectivity index (χ4n) is 3.62. The molecule has 0 aromatic heterocycles. The standard InChI is InChI=1S/C20H18N2O7S/c23-20-28-18-8-4-7-17(19(18)29-20)21(13-14-5-2-1-3-6-14)30(26,27)16-11-9-15(10-12-16)22(24)25/h1-6,8-12,17-19H,7,13H2. The Hall–Kier alpha value is -3.24. The molecule has 30 heavy (non-hydrogen) atoms. The van der Waals surface area contributed by atoms with Crippen LogP contribution < -0.4 is 0 Å². The van der Waals surface area contributed by atoms with Gasteiger partial charge in [-0.2, -0.15) is 4.31 Å². The monoisotopic (exact) mass is 430 g/mol. The van der Waals surface area contributed by atoms with Crippen molar-refractivity contribution in [1.82, 2.24) is 4.31 Å². The smallest absolute Gasteiger partial charge is 0.425 e. The Morgan fingerprint density at radius 3 is 2.43 bits per heavy atom. The molecule has 3 atom stereocenters. The molecule has 4 rings (SSSR count). The van der Waals surface area contributed by atoms with Crippen LogP contribution in [0.4, 0.5) is 10.5 Å². The zero-order chi connectivity index (χ0) is 21.3. The lowest BCUT2D eigenvalue weighted by Gasteiger charge is -2.35. The van der Waals surface area contributed by atoms with Crippen molar-refractivity contribution in [3.05, 3.63) is 82.4 Å². The summed E-state index contributed by atoms with van der Waals surface area (Å²) >= 11 is 0. The number of carbonyl (C=O) groups excluding carboxylic acids is 1. The van der Waals surface area contributed by atoms with Crippen molar-refractivity contribution in [3.63, 3.8) is 0 Å². The topological polar surface area (TPSA) is 116 Å². The number of nitrogens with zero attached hydrogens (tertiary/aromatic N) is 2. The number of nitro benzene ring substituents is 1. The molecular formula is C20H18N2O7S. The lowest BCUT2D eigenvalue weighted by atomic mass is 9.96. The molecule has 3 unspecified atom stereocenters. The van der Waals surface area contributed by atoms with E-state index in [0.717, 1.165) is 17.7 Å². The van der Waals surface area contributed by atoms with Crippen molar-refractivity contribution in [1.29, 1.82) is 0 Å². The number of rotatable bonds is 6. The number of ether oxygens (including phenoxy) is 2. The summed E-state index contributed by atoms with van der Waals surface area (Å²) in [5.74, 6) is 0. The molecule has 0 bridgehead atoms. The third-order valence-electron chi connectivity index (χ3n) is 5.08. The summed E-state index contributed by atoms with van der Waals surface area (Å²) in [6.07, 6.45) is 1.49. The maximum atomic E-state index is 13.5. The molecule has 156 valence electrons. The molecule has 0 radical (unpaired) electrons. The van der Waals surface area contributed by atoms with E-state index in [4.69, 9.17) is 9.47 Å². The molecule has 1 aliphatic carbocycles. The van der Waals surface area contributed by atoms with Crippen molar-refractivity contribution >= 4 is 21.9 Å². The van der Waals surface area contributed by atoms with Crippen molar-refractivity contribution in [2.45, 2.75) is 36.1 Å². The second kappa shape index (κ2) is 7.88. The normalized spacial score (nSPS) is 23.0. The number of fused-ring (bicyclic) bond motifs is 1. The molecular weight excluding hydrogens is 412 g/mol. The predicted octanol–water partition coefficient (Wildman–Crippen LogP) is 3.02. The molecule has 1 saturated heterocycles. The fourth-order valence-corrected chi connectivity index (χ4v) is 5.25. The van der Waals surface area contributed by atoms with Gasteiger partial charge in [-0.15, -0.1) is 0 Å². The first-order valence-corrected chi connectivity index (χ1v) is 10.6. The van der Waals surface area contributed by atoms with Crippen molar-refractivity contribution < 1.29 is 27.6 Å². The molecule has 0 spiro atoms. The number of carbonyl (C=O) groups is 1. The van der Waals surface area contributed by atoms with Gasteiger partial charge in [-0.25, -0.2) is 13.2 Å². The number of hydrogen-bond acceptors (Lipinski definition) is 7. The van der Waals surface area contributed by atoms with E-state index in [-0.39, 0.29) is 17.1 Å². The van der Waals surface area contributed by atoms with Gasteiger partial charge in [-0.1, -0.05) is 36.4 Å². The van der Waals surface area contributed by atoms with Crippen LogP contribution >= 0.6 is 0 Å². The summed E-state index contributed by atoms with van der Waals surface area (Å²) < 4.78 is 38.7. The first-order valence-electron chi connectivity index (χ1n) is 9.20. The average Bonchev–Trinajstić information content (AvgIpc) is 3.13. The Balaban J connectivity index is 1.74. The van der Waals surface area contributed by atoms with Crippen LogP contribution in [-0.2, 0) is 26.0 Å². The Morgan fingerprint density at radius 1 is 1.07 bits per heavy atom. The second-order valence-corrected chi connectivity index (χ2v) is 8.82. The maximum absolute atomic E-state index is 13.5. The fraction of sp³-hybridized carbons (Fsp3) is 0.250. The van der Waals surface area contributed by atoms with Crippen molar-refractivity contribution in [3.8, 4) is 0 Å². The van der Waals surface area contributed by atoms with Gasteiger partial charge in [0, 0.05) is 18.7 Å². The number of sulfonamides is 1. The van der Waals surface area contributed by atoms with Crippen LogP contribution in [0.5, 0.6) is 0 Å². The molecule has 9 nitrogen and oxygen atoms in total. The minimum Gasteiger partial charge on any atom is -0.425 e. The molecule has 1 aliphatic heterocycles. The number of benzene rings is 2. The molecule has 1 heterocycles. The van der Waals surface area contributed by atoms with Gasteiger partial charge >= 0.3 is 6.16 Å². The summed E-state index contributed by atoms with van der Waals surface area (Å²) in [6.45, 7) is 0.0411. The Kier molecular flexibility index (Phi) is 5.27. The van der Waals surface area contributed by atoms with Gasteiger partial charge in [0.25, 0.3) is 5.69 Å². The summed E-state index contributed by atoms with van der Waals surface area (Å²) in [4.78, 5) is 21.9. The molecule has 1 fully saturated rings. The van der Waals surface area contributed by atoms with Gasteiger partial charge in [0.1, 0.15) is 0 Å². The Labute approximate surface area is 172 Å². The zero-order valence-electron chi connectivity index (χ0n) is 15.7. The largest absolute Gasteiger partial charge is 0.509 e. The van der Waals surface area contributed by atoms with Gasteiger partial charge in [-0.3, -0.25) is 10.1 Å². The maximum Gasteiger partial charge on any atom is 0.509 e. The van der Waals surface area contributed by atoms with Gasteiger partial charge in [-0.05, 0) is 30.2 Å². The molecule has 2 aromatic rings. The summed E-state index contributed by atoms with van der Waals surface area (Å²) in [5.41, 5.74) is 0.543. The number of hydrogen-bond donors (Lipinski definition) is 0. The lowest BCUT2D eigenvalue weighted by Crippen LogP contribution is -2.50. The minimum absolute atomic E-state index is 0.0411. The van der Waals surface area contributed by atoms with Gasteiger partial charge in [0.15, 0.2) is 12.2 Å². The molecule has 2 aromatic carbocycles. The molecule has 2 aliphatic rings. The minimum atomic E-state index is -4.07. The van der Waals surface area contributed by atoms with Crippen molar-refractivity contribution in [2.24, 2.45) is 0 Å². The van der Waals surface area contributed by atoms with Crippen molar-refractivity contribution in [2.75, 3.05) is 0 Å². The summed E-state index contributed by atoms with van der Waals surface area (Å²) in [5, 5.41) is 10.9. The van der Waals surface area contributed by atoms with Crippen LogP contribution in [0.25, 0.3) is 0 Å². The highest BCUT2D eigenvalue weighted by Gasteiger charge is 2.47. The van der Waals surface area contributed by atoms with E-state index in [0.29, 0.717) is 6.42 Å². The zero-order valence-corrected chi connectivity index (χ0v) is 16.5. The quantitative estimate of drug-likeness (QED) is 0.299. The van der Waals surface area contributed by atoms with E-state index < -0.39 is 39.4 Å². The highest BCUT2D eigenvalue weighted by molar-refractivity contribution is 7.89. The van der Waals surface area contributed by atoms with Gasteiger partial charge in [0.05, 0.1) is 15.9 Å². The van der Waals surface area contributed by atoms with E-state index in [1.165, 1.54) is 16.4 Å². The summed E-state index contributed by atoms with van der Waals surface area (Å²) in [6, 6.07) is 13.0. The Morgan fingerprint density at radius 2 is 1.77 bits per heavy atom. The van der Waals surface area contributed by atoms with E-state index in [2.05, 4.69) is 0 Å². The van der Waals surface area contributed by atoms with E-state index >= 15 is 0 Å². The SMILES string of the molecule is O=C1OC2C=CCC(N(Cc3ccccc3)S(=O)(=O)c3ccc([N+](=O)[O-])cc3)C2O1. The second-order valence-electron chi connectivity index (χ2n) is 6.93. The van der Waals surface area contributed by atoms with E-state index in [1.807, 2.05) is 6.07 Å². The first-order chi connectivity index (χ1) is 14.4.